The highest BCUT2D eigenvalue weighted by molar-refractivity contribution is 6.32. The van der Waals surface area contributed by atoms with Gasteiger partial charge in [-0.15, -0.1) is 0 Å². The molecule has 0 radical (unpaired) electrons. The summed E-state index contributed by atoms with van der Waals surface area (Å²) in [6, 6.07) is 11.9. The SMILES string of the molecule is Cc1c(Cl)ccc2c1NC(=O)[C@]21[NH2+][C@@H](CCC(N)=O)[C@H]2C(=O)N([C@H](C)c3ccccc3)C(=O)[C@H]21. The predicted octanol–water partition coefficient (Wildman–Crippen LogP) is 1.37. The van der Waals surface area contributed by atoms with Gasteiger partial charge in [-0.3, -0.25) is 24.1 Å². The molecule has 0 aliphatic carbocycles. The van der Waals surface area contributed by atoms with Crippen LogP contribution in [0.2, 0.25) is 5.02 Å². The fourth-order valence-corrected chi connectivity index (χ4v) is 6.17. The van der Waals surface area contributed by atoms with Gasteiger partial charge in [-0.25, -0.2) is 0 Å². The van der Waals surface area contributed by atoms with Crippen LogP contribution >= 0.6 is 11.6 Å². The van der Waals surface area contributed by atoms with Gasteiger partial charge in [0.25, 0.3) is 5.91 Å². The zero-order valence-corrected chi connectivity index (χ0v) is 19.6. The highest BCUT2D eigenvalue weighted by Gasteiger charge is 2.74. The molecule has 0 saturated carbocycles. The summed E-state index contributed by atoms with van der Waals surface area (Å²) in [5, 5.41) is 5.23. The molecule has 9 heteroatoms. The van der Waals surface area contributed by atoms with Crippen LogP contribution < -0.4 is 16.4 Å². The molecule has 2 saturated heterocycles. The number of primary amides is 1. The molecule has 2 fully saturated rings. The Morgan fingerprint density at radius 2 is 1.88 bits per heavy atom. The molecule has 3 heterocycles. The molecule has 34 heavy (non-hydrogen) atoms. The van der Waals surface area contributed by atoms with E-state index in [1.165, 1.54) is 4.90 Å². The summed E-state index contributed by atoms with van der Waals surface area (Å²) in [5.74, 6) is -3.17. The Kier molecular flexibility index (Phi) is 5.26. The van der Waals surface area contributed by atoms with Crippen molar-refractivity contribution in [3.63, 3.8) is 0 Å². The smallest absolute Gasteiger partial charge is 0.291 e. The fourth-order valence-electron chi connectivity index (χ4n) is 6.01. The molecule has 3 aliphatic rings. The summed E-state index contributed by atoms with van der Waals surface area (Å²) in [6.07, 6.45) is 0.351. The van der Waals surface area contributed by atoms with Crippen molar-refractivity contribution in [2.45, 2.75) is 44.3 Å². The minimum atomic E-state index is -1.31. The molecule has 176 valence electrons. The van der Waals surface area contributed by atoms with Crippen molar-refractivity contribution in [2.75, 3.05) is 5.32 Å². The van der Waals surface area contributed by atoms with Gasteiger partial charge in [0.05, 0.1) is 11.7 Å². The lowest BCUT2D eigenvalue weighted by Gasteiger charge is -2.29. The van der Waals surface area contributed by atoms with Gasteiger partial charge in [0.2, 0.25) is 23.3 Å². The molecule has 0 aromatic heterocycles. The number of quaternary nitrogens is 1. The van der Waals surface area contributed by atoms with Gasteiger partial charge >= 0.3 is 0 Å². The van der Waals surface area contributed by atoms with Crippen LogP contribution in [0.15, 0.2) is 42.5 Å². The maximum atomic E-state index is 14.0. The molecule has 4 amide bonds. The largest absolute Gasteiger partial charge is 0.370 e. The van der Waals surface area contributed by atoms with E-state index in [1.807, 2.05) is 44.2 Å². The van der Waals surface area contributed by atoms with Crippen LogP contribution in [0.3, 0.4) is 0 Å². The van der Waals surface area contributed by atoms with Gasteiger partial charge in [0, 0.05) is 23.4 Å². The Hall–Kier alpha value is -3.23. The number of imide groups is 1. The number of carbonyl (C=O) groups is 4. The number of likely N-dealkylation sites (tertiary alicyclic amines) is 1. The number of rotatable bonds is 5. The third-order valence-electron chi connectivity index (χ3n) is 7.67. The van der Waals surface area contributed by atoms with Crippen LogP contribution in [-0.2, 0) is 24.7 Å². The van der Waals surface area contributed by atoms with Crippen molar-refractivity contribution >= 4 is 40.9 Å². The number of fused-ring (bicyclic) bond motifs is 4. The molecule has 1 spiro atoms. The molecule has 0 unspecified atom stereocenters. The van der Waals surface area contributed by atoms with Gasteiger partial charge < -0.3 is 16.4 Å². The van der Waals surface area contributed by atoms with E-state index in [-0.39, 0.29) is 24.1 Å². The summed E-state index contributed by atoms with van der Waals surface area (Å²) in [7, 11) is 0. The Morgan fingerprint density at radius 1 is 1.18 bits per heavy atom. The lowest BCUT2D eigenvalue weighted by molar-refractivity contribution is -0.734. The first-order valence-corrected chi connectivity index (χ1v) is 11.7. The molecule has 0 bridgehead atoms. The van der Waals surface area contributed by atoms with E-state index >= 15 is 0 Å². The highest BCUT2D eigenvalue weighted by atomic mass is 35.5. The van der Waals surface area contributed by atoms with E-state index in [0.29, 0.717) is 28.3 Å². The quantitative estimate of drug-likeness (QED) is 0.557. The summed E-state index contributed by atoms with van der Waals surface area (Å²) < 4.78 is 0. The van der Waals surface area contributed by atoms with Gasteiger partial charge in [-0.1, -0.05) is 41.9 Å². The Morgan fingerprint density at radius 3 is 2.56 bits per heavy atom. The molecule has 5 atom stereocenters. The number of nitrogens with zero attached hydrogens (tertiary/aromatic N) is 1. The molecule has 3 aliphatic heterocycles. The first kappa shape index (κ1) is 22.6. The molecule has 2 aromatic rings. The Bertz CT molecular complexity index is 1230. The summed E-state index contributed by atoms with van der Waals surface area (Å²) in [4.78, 5) is 54.2. The average molecular weight is 482 g/mol. The maximum Gasteiger partial charge on any atom is 0.291 e. The number of anilines is 1. The number of nitrogens with two attached hydrogens (primary N) is 2. The maximum absolute atomic E-state index is 14.0. The molecule has 8 nitrogen and oxygen atoms in total. The van der Waals surface area contributed by atoms with Crippen molar-refractivity contribution in [1.82, 2.24) is 4.90 Å². The highest BCUT2D eigenvalue weighted by Crippen LogP contribution is 2.52. The van der Waals surface area contributed by atoms with Gasteiger partial charge in [-0.05, 0) is 37.1 Å². The lowest BCUT2D eigenvalue weighted by atomic mass is 9.76. The summed E-state index contributed by atoms with van der Waals surface area (Å²) >= 11 is 6.30. The molecular formula is C25H26ClN4O4+. The number of hydrogen-bond donors (Lipinski definition) is 3. The molecule has 2 aromatic carbocycles. The van der Waals surface area contributed by atoms with Crippen LogP contribution in [0.25, 0.3) is 0 Å². The second-order valence-corrected chi connectivity index (χ2v) is 9.80. The lowest BCUT2D eigenvalue weighted by Crippen LogP contribution is -2.99. The van der Waals surface area contributed by atoms with Gasteiger partial charge in [-0.2, -0.15) is 0 Å². The predicted molar refractivity (Wildman–Crippen MR) is 124 cm³/mol. The minimum absolute atomic E-state index is 0.0598. The second kappa shape index (κ2) is 7.92. The molecule has 5 rings (SSSR count). The number of carbonyl (C=O) groups excluding carboxylic acids is 4. The van der Waals surface area contributed by atoms with Crippen LogP contribution in [0.1, 0.15) is 42.5 Å². The third-order valence-corrected chi connectivity index (χ3v) is 8.08. The minimum Gasteiger partial charge on any atom is -0.370 e. The van der Waals surface area contributed by atoms with E-state index < -0.39 is 35.4 Å². The Labute approximate surface area is 201 Å². The monoisotopic (exact) mass is 481 g/mol. The number of amides is 4. The third kappa shape index (κ3) is 3.02. The van der Waals surface area contributed by atoms with E-state index in [1.54, 1.807) is 17.4 Å². The van der Waals surface area contributed by atoms with Crippen molar-refractivity contribution in [3.8, 4) is 0 Å². The van der Waals surface area contributed by atoms with E-state index in [9.17, 15) is 19.2 Å². The van der Waals surface area contributed by atoms with Crippen molar-refractivity contribution in [3.05, 3.63) is 64.2 Å². The van der Waals surface area contributed by atoms with E-state index in [4.69, 9.17) is 17.3 Å². The number of hydrogen-bond acceptors (Lipinski definition) is 4. The van der Waals surface area contributed by atoms with E-state index in [2.05, 4.69) is 5.32 Å². The normalized spacial score (nSPS) is 28.3. The fraction of sp³-hybridized carbons (Fsp3) is 0.360. The first-order chi connectivity index (χ1) is 16.2. The summed E-state index contributed by atoms with van der Waals surface area (Å²) in [5.41, 5.74) is 6.85. The van der Waals surface area contributed by atoms with Crippen molar-refractivity contribution in [1.29, 1.82) is 0 Å². The van der Waals surface area contributed by atoms with Crippen LogP contribution in [0.5, 0.6) is 0 Å². The van der Waals surface area contributed by atoms with Gasteiger partial charge in [0.1, 0.15) is 17.9 Å². The topological polar surface area (TPSA) is 126 Å². The number of nitrogens with one attached hydrogen (secondary N) is 1. The average Bonchev–Trinajstić information content (AvgIpc) is 3.40. The molecule has 5 N–H and O–H groups in total. The van der Waals surface area contributed by atoms with Gasteiger partial charge in [0.15, 0.2) is 0 Å². The summed E-state index contributed by atoms with van der Waals surface area (Å²) in [6.45, 7) is 3.62. The van der Waals surface area contributed by atoms with Crippen LogP contribution in [0, 0.1) is 18.8 Å². The second-order valence-electron chi connectivity index (χ2n) is 9.39. The number of halogens is 1. The van der Waals surface area contributed by atoms with Crippen molar-refractivity contribution < 1.29 is 24.5 Å². The van der Waals surface area contributed by atoms with Crippen molar-refractivity contribution in [2.24, 2.45) is 17.6 Å². The first-order valence-electron chi connectivity index (χ1n) is 11.4. The zero-order valence-electron chi connectivity index (χ0n) is 18.9. The molecular weight excluding hydrogens is 456 g/mol. The van der Waals surface area contributed by atoms with Crippen LogP contribution in [0.4, 0.5) is 5.69 Å². The zero-order chi connectivity index (χ0) is 24.4. The number of benzene rings is 2. The van der Waals surface area contributed by atoms with E-state index in [0.717, 1.165) is 5.56 Å². The Balaban J connectivity index is 1.63. The standard InChI is InChI=1S/C25H25ClN4O4/c1-12-16(26)9-8-15-21(12)28-24(34)25(15)20-19(17(29-25)10-11-18(27)31)22(32)30(23(20)33)13(2)14-6-4-3-5-7-14/h3-9,13,17,19-20,29H,10-11H2,1-2H3,(H2,27,31)(H,28,34)/p+1/t13-,17+,19-,20+,25+/m1/s1. The van der Waals surface area contributed by atoms with Crippen LogP contribution in [-0.4, -0.2) is 34.6 Å².